The van der Waals surface area contributed by atoms with Crippen molar-refractivity contribution in [2.75, 3.05) is 36.6 Å². The quantitative estimate of drug-likeness (QED) is 0.0814. The van der Waals surface area contributed by atoms with E-state index < -0.39 is 30.6 Å². The van der Waals surface area contributed by atoms with Gasteiger partial charge in [-0.3, -0.25) is 24.5 Å². The molecule has 0 aromatic heterocycles. The Balaban J connectivity index is 1.29. The summed E-state index contributed by atoms with van der Waals surface area (Å²) in [6.45, 7) is 7.43. The van der Waals surface area contributed by atoms with Crippen molar-refractivity contribution in [2.45, 2.75) is 63.2 Å². The van der Waals surface area contributed by atoms with E-state index >= 15 is 4.79 Å². The summed E-state index contributed by atoms with van der Waals surface area (Å²) in [6.07, 6.45) is -0.261. The smallest absolute Gasteiger partial charge is 0.269 e. The molecule has 0 aliphatic carbocycles. The van der Waals surface area contributed by atoms with Gasteiger partial charge in [-0.25, -0.2) is 0 Å². The predicted octanol–water partition coefficient (Wildman–Crippen LogP) is 5.51. The van der Waals surface area contributed by atoms with Crippen LogP contribution in [0.5, 0.6) is 5.75 Å². The van der Waals surface area contributed by atoms with Crippen molar-refractivity contribution in [3.05, 3.63) is 124 Å². The molecule has 3 amide bonds. The first-order chi connectivity index (χ1) is 26.4. The second kappa shape index (κ2) is 15.0. The van der Waals surface area contributed by atoms with Gasteiger partial charge in [0.1, 0.15) is 5.75 Å². The van der Waals surface area contributed by atoms with E-state index in [0.29, 0.717) is 36.5 Å². The summed E-state index contributed by atoms with van der Waals surface area (Å²) in [5, 5.41) is 23.3. The number of carbonyl (C=O) groups excluding carboxylic acids is 3. The van der Waals surface area contributed by atoms with E-state index in [1.807, 2.05) is 85.8 Å². The number of carbonyl (C=O) groups is 3. The average molecular weight is 763 g/mol. The number of non-ortho nitro benzene ring substituents is 1. The van der Waals surface area contributed by atoms with E-state index in [4.69, 9.17) is 9.47 Å². The van der Waals surface area contributed by atoms with Crippen molar-refractivity contribution in [2.24, 2.45) is 5.92 Å². The summed E-state index contributed by atoms with van der Waals surface area (Å²) < 4.78 is 12.6. The van der Waals surface area contributed by atoms with E-state index in [1.54, 1.807) is 27.9 Å². The van der Waals surface area contributed by atoms with Gasteiger partial charge in [0, 0.05) is 55.4 Å². The number of nitrogens with zero attached hydrogens (tertiary/aromatic N) is 4. The molecule has 2 fully saturated rings. The largest absolute Gasteiger partial charge is 0.497 e. The molecule has 0 saturated carbocycles. The van der Waals surface area contributed by atoms with Gasteiger partial charge in [-0.05, 0) is 47.0 Å². The number of benzene rings is 4. The summed E-state index contributed by atoms with van der Waals surface area (Å²) in [5.41, 5.74) is 1.39. The van der Waals surface area contributed by atoms with Crippen LogP contribution in [0.15, 0.2) is 97.1 Å². The lowest BCUT2D eigenvalue weighted by Gasteiger charge is -2.37. The summed E-state index contributed by atoms with van der Waals surface area (Å²) in [6, 6.07) is 29.4. The lowest BCUT2D eigenvalue weighted by molar-refractivity contribution is -0.385. The summed E-state index contributed by atoms with van der Waals surface area (Å²) in [7, 11) is -1.03. The molecule has 0 bridgehead atoms. The maximum absolute atomic E-state index is 15.2. The van der Waals surface area contributed by atoms with Crippen molar-refractivity contribution in [3.63, 3.8) is 0 Å². The number of rotatable bonds is 13. The van der Waals surface area contributed by atoms with Gasteiger partial charge < -0.3 is 29.3 Å². The molecular formula is C42H46N4O8Si. The number of fused-ring (bicyclic) bond motifs is 2. The van der Waals surface area contributed by atoms with E-state index in [1.165, 1.54) is 12.1 Å². The topological polar surface area (TPSA) is 143 Å². The lowest BCUT2D eigenvalue weighted by atomic mass is 9.82. The molecule has 3 aliphatic heterocycles. The van der Waals surface area contributed by atoms with Crippen LogP contribution in [0.1, 0.15) is 36.5 Å². The number of nitro groups is 1. The number of hydrogen-bond acceptors (Lipinski definition) is 8. The fourth-order valence-electron chi connectivity index (χ4n) is 8.84. The van der Waals surface area contributed by atoms with Crippen molar-refractivity contribution in [1.82, 2.24) is 4.90 Å². The number of anilines is 2. The monoisotopic (exact) mass is 762 g/mol. The van der Waals surface area contributed by atoms with Gasteiger partial charge in [-0.15, -0.1) is 0 Å². The minimum Gasteiger partial charge on any atom is -0.497 e. The zero-order chi connectivity index (χ0) is 39.1. The molecule has 4 aromatic carbocycles. The van der Waals surface area contributed by atoms with Crippen molar-refractivity contribution in [1.29, 1.82) is 0 Å². The van der Waals surface area contributed by atoms with Crippen LogP contribution in [0.4, 0.5) is 17.1 Å². The number of aliphatic hydroxyl groups excluding tert-OH is 1. The minimum atomic E-state index is -2.64. The van der Waals surface area contributed by atoms with Gasteiger partial charge in [0.15, 0.2) is 5.60 Å². The lowest BCUT2D eigenvalue weighted by Crippen LogP contribution is -2.52. The second-order valence-electron chi connectivity index (χ2n) is 15.2. The zero-order valence-electron chi connectivity index (χ0n) is 31.5. The Labute approximate surface area is 321 Å². The van der Waals surface area contributed by atoms with Gasteiger partial charge in [0.05, 0.1) is 51.5 Å². The number of methoxy groups -OCH3 is 1. The third-order valence-electron chi connectivity index (χ3n) is 11.8. The Kier molecular flexibility index (Phi) is 10.4. The molecule has 1 spiro atoms. The highest BCUT2D eigenvalue weighted by atomic mass is 28.3. The average Bonchev–Trinajstić information content (AvgIpc) is 3.60. The second-order valence-corrected chi connectivity index (χ2v) is 19.9. The highest BCUT2D eigenvalue weighted by Gasteiger charge is 2.66. The summed E-state index contributed by atoms with van der Waals surface area (Å²) in [4.78, 5) is 58.3. The Bertz CT molecular complexity index is 2090. The molecule has 12 nitrogen and oxygen atoms in total. The number of amides is 3. The molecule has 4 atom stereocenters. The molecule has 13 heteroatoms. The Morgan fingerprint density at radius 2 is 1.73 bits per heavy atom. The van der Waals surface area contributed by atoms with Crippen LogP contribution in [-0.2, 0) is 37.8 Å². The van der Waals surface area contributed by atoms with E-state index in [-0.39, 0.29) is 55.1 Å². The first-order valence-corrected chi connectivity index (χ1v) is 21.7. The highest BCUT2D eigenvalue weighted by molar-refractivity contribution is 6.91. The molecule has 3 heterocycles. The molecule has 1 N–H and O–H groups in total. The molecule has 4 aromatic rings. The van der Waals surface area contributed by atoms with Crippen LogP contribution in [-0.4, -0.2) is 73.6 Å². The van der Waals surface area contributed by atoms with Gasteiger partial charge in [-0.1, -0.05) is 79.8 Å². The highest BCUT2D eigenvalue weighted by Crippen LogP contribution is 2.60. The van der Waals surface area contributed by atoms with Crippen LogP contribution in [0, 0.1) is 16.0 Å². The maximum Gasteiger partial charge on any atom is 0.269 e. The molecule has 0 unspecified atom stereocenters. The van der Waals surface area contributed by atoms with E-state index in [2.05, 4.69) is 13.1 Å². The fourth-order valence-corrected chi connectivity index (χ4v) is 12.9. The number of β-lactam (4-membered cyclic amide) rings is 1. The predicted molar refractivity (Wildman–Crippen MR) is 211 cm³/mol. The fraction of sp³-hybridized carbons (Fsp3) is 0.357. The van der Waals surface area contributed by atoms with Crippen molar-refractivity contribution in [3.8, 4) is 5.75 Å². The third kappa shape index (κ3) is 6.81. The summed E-state index contributed by atoms with van der Waals surface area (Å²) >= 11 is 0. The zero-order valence-corrected chi connectivity index (χ0v) is 32.5. The number of hydrogen-bond donors (Lipinski definition) is 1. The maximum atomic E-state index is 15.2. The van der Waals surface area contributed by atoms with Crippen LogP contribution in [0.25, 0.3) is 0 Å². The Morgan fingerprint density at radius 1 is 1.02 bits per heavy atom. The standard InChI is InChI=1S/C42H46N4O8Si/c1-28-40(55(3,4)34-17-15-33(53-2)16-18-34)37(25-39(49)43(22-23-47)26-29-8-6-5-7-9-29)54-42(28)35-24-32(46(51)52)14-19-36(35)45(41(42)50)27-30-10-12-31(13-11-30)44-21-20-38(44)48/h5-19,24,28,37,40,47H,20-23,25-27H2,1-4H3/t28-,37+,40-,42+/m0/s1. The van der Waals surface area contributed by atoms with Crippen LogP contribution < -0.4 is 19.7 Å². The number of aliphatic hydroxyl groups is 1. The molecule has 3 aliphatic rings. The van der Waals surface area contributed by atoms with Crippen LogP contribution in [0.2, 0.25) is 18.6 Å². The molecule has 2 saturated heterocycles. The normalized spacial score (nSPS) is 21.8. The number of ether oxygens (including phenoxy) is 2. The van der Waals surface area contributed by atoms with E-state index in [0.717, 1.165) is 22.0 Å². The molecule has 7 rings (SSSR count). The molecule has 286 valence electrons. The van der Waals surface area contributed by atoms with Crippen LogP contribution >= 0.6 is 0 Å². The Hall–Kier alpha value is -5.37. The van der Waals surface area contributed by atoms with Crippen molar-refractivity contribution >= 4 is 48.0 Å². The van der Waals surface area contributed by atoms with Crippen LogP contribution in [0.3, 0.4) is 0 Å². The van der Waals surface area contributed by atoms with Gasteiger partial charge in [0.25, 0.3) is 11.6 Å². The Morgan fingerprint density at radius 3 is 2.33 bits per heavy atom. The van der Waals surface area contributed by atoms with E-state index in [9.17, 15) is 24.8 Å². The molecular weight excluding hydrogens is 717 g/mol. The SMILES string of the molecule is COc1ccc([Si](C)(C)[C@@H]2[C@@H](CC(=O)N(CCO)Cc3ccccc3)O[C@]3(C(=O)N(Cc4ccc(N5CCC5=O)cc4)c4ccc([N+](=O)[O-])cc43)[C@H]2C)cc1. The first kappa shape index (κ1) is 37.9. The molecule has 0 radical (unpaired) electrons. The third-order valence-corrected chi connectivity index (χ3v) is 16.1. The number of nitro benzene ring substituents is 1. The minimum absolute atomic E-state index is 0.0512. The van der Waals surface area contributed by atoms with Crippen molar-refractivity contribution < 1.29 is 33.9 Å². The molecule has 55 heavy (non-hydrogen) atoms. The summed E-state index contributed by atoms with van der Waals surface area (Å²) in [5.74, 6) is -0.281. The van der Waals surface area contributed by atoms with Gasteiger partial charge >= 0.3 is 0 Å². The first-order valence-electron chi connectivity index (χ1n) is 18.6. The van der Waals surface area contributed by atoms with Gasteiger partial charge in [0.2, 0.25) is 11.8 Å². The van der Waals surface area contributed by atoms with Gasteiger partial charge in [-0.2, -0.15) is 0 Å².